The van der Waals surface area contributed by atoms with Crippen LogP contribution in [0.2, 0.25) is 0 Å². The molecule has 0 fully saturated rings. The molecule has 0 N–H and O–H groups in total. The zero-order chi connectivity index (χ0) is 15.5. The number of hydrogen-bond donors (Lipinski definition) is 0. The molecule has 22 heavy (non-hydrogen) atoms. The highest BCUT2D eigenvalue weighted by Crippen LogP contribution is 2.40. The molecule has 0 radical (unpaired) electrons. The first-order chi connectivity index (χ1) is 10.5. The van der Waals surface area contributed by atoms with Gasteiger partial charge in [-0.25, -0.2) is 4.98 Å². The van der Waals surface area contributed by atoms with Crippen LogP contribution >= 0.6 is 23.1 Å². The van der Waals surface area contributed by atoms with E-state index in [9.17, 15) is 0 Å². The first-order valence-electron chi connectivity index (χ1n) is 7.43. The zero-order valence-corrected chi connectivity index (χ0v) is 14.8. The molecule has 0 aliphatic carbocycles. The van der Waals surface area contributed by atoms with Gasteiger partial charge >= 0.3 is 0 Å². The average molecular weight is 334 g/mol. The lowest BCUT2D eigenvalue weighted by molar-refractivity contribution is -0.0379. The van der Waals surface area contributed by atoms with E-state index in [-0.39, 0.29) is 5.60 Å². The average Bonchev–Trinajstić information content (AvgIpc) is 2.99. The smallest absolute Gasteiger partial charge is 0.176 e. The Labute approximate surface area is 137 Å². The van der Waals surface area contributed by atoms with Crippen LogP contribution in [-0.4, -0.2) is 30.9 Å². The van der Waals surface area contributed by atoms with Gasteiger partial charge < -0.3 is 4.74 Å². The van der Waals surface area contributed by atoms with Crippen LogP contribution in [0.4, 0.5) is 0 Å². The molecule has 0 amide bonds. The third kappa shape index (κ3) is 2.06. The highest BCUT2D eigenvalue weighted by molar-refractivity contribution is 7.99. The summed E-state index contributed by atoms with van der Waals surface area (Å²) in [5.41, 5.74) is 2.15. The van der Waals surface area contributed by atoms with Crippen molar-refractivity contribution in [3.63, 3.8) is 0 Å². The quantitative estimate of drug-likeness (QED) is 0.529. The predicted molar refractivity (Wildman–Crippen MR) is 89.9 cm³/mol. The fraction of sp³-hybridized carbons (Fsp3) is 0.533. The van der Waals surface area contributed by atoms with Gasteiger partial charge in [0.05, 0.1) is 17.6 Å². The van der Waals surface area contributed by atoms with Crippen molar-refractivity contribution in [2.24, 2.45) is 0 Å². The zero-order valence-electron chi connectivity index (χ0n) is 13.1. The standard InChI is InChI=1S/C15H18N4OS2/c1-5-21-14-16-13-11(12-18-17-8(2)19(12)14)9-6-15(3,4)20-7-10(9)22-13/h5-7H2,1-4H3. The SMILES string of the molecule is CCSc1nc2sc3c(c2c2nnc(C)n12)CC(C)(C)OC3. The minimum Gasteiger partial charge on any atom is -0.370 e. The van der Waals surface area contributed by atoms with Crippen LogP contribution in [-0.2, 0) is 17.8 Å². The fourth-order valence-corrected chi connectivity index (χ4v) is 4.88. The molecule has 116 valence electrons. The van der Waals surface area contributed by atoms with Crippen molar-refractivity contribution in [3.05, 3.63) is 16.3 Å². The lowest BCUT2D eigenvalue weighted by atomic mass is 9.94. The Bertz CT molecular complexity index is 881. The van der Waals surface area contributed by atoms with Gasteiger partial charge in [-0.1, -0.05) is 18.7 Å². The number of thioether (sulfide) groups is 1. The second-order valence-corrected chi connectivity index (χ2v) is 8.46. The van der Waals surface area contributed by atoms with Crippen molar-refractivity contribution < 1.29 is 4.74 Å². The van der Waals surface area contributed by atoms with Gasteiger partial charge in [-0.05, 0) is 32.1 Å². The molecule has 1 aliphatic rings. The monoisotopic (exact) mass is 334 g/mol. The van der Waals surface area contributed by atoms with E-state index in [0.29, 0.717) is 6.61 Å². The van der Waals surface area contributed by atoms with Crippen LogP contribution in [0.25, 0.3) is 15.9 Å². The van der Waals surface area contributed by atoms with Crippen LogP contribution in [0.5, 0.6) is 0 Å². The van der Waals surface area contributed by atoms with Crippen molar-refractivity contribution in [1.29, 1.82) is 0 Å². The molecular weight excluding hydrogens is 316 g/mol. The Hall–Kier alpha value is -1.18. The van der Waals surface area contributed by atoms with Crippen molar-refractivity contribution in [1.82, 2.24) is 19.6 Å². The maximum absolute atomic E-state index is 5.95. The van der Waals surface area contributed by atoms with Crippen LogP contribution in [0.1, 0.15) is 37.0 Å². The second-order valence-electron chi connectivity index (χ2n) is 6.14. The molecule has 3 aromatic rings. The van der Waals surface area contributed by atoms with Crippen molar-refractivity contribution >= 4 is 39.0 Å². The van der Waals surface area contributed by atoms with Gasteiger partial charge in [0, 0.05) is 11.3 Å². The summed E-state index contributed by atoms with van der Waals surface area (Å²) in [6.07, 6.45) is 0.895. The van der Waals surface area contributed by atoms with E-state index in [1.54, 1.807) is 23.1 Å². The number of nitrogens with zero attached hydrogens (tertiary/aromatic N) is 4. The molecule has 4 heterocycles. The number of rotatable bonds is 2. The minimum atomic E-state index is -0.135. The molecule has 0 saturated heterocycles. The van der Waals surface area contributed by atoms with Gasteiger partial charge in [0.1, 0.15) is 10.7 Å². The van der Waals surface area contributed by atoms with Gasteiger partial charge in [-0.2, -0.15) is 0 Å². The van der Waals surface area contributed by atoms with E-state index in [0.717, 1.165) is 39.0 Å². The molecule has 0 unspecified atom stereocenters. The topological polar surface area (TPSA) is 52.3 Å². The van der Waals surface area contributed by atoms with E-state index in [1.165, 1.54) is 10.4 Å². The van der Waals surface area contributed by atoms with Crippen LogP contribution in [0, 0.1) is 6.92 Å². The molecule has 0 atom stereocenters. The molecular formula is C15H18N4OS2. The van der Waals surface area contributed by atoms with Crippen molar-refractivity contribution in [2.45, 2.75) is 51.5 Å². The van der Waals surface area contributed by atoms with Crippen molar-refractivity contribution in [3.8, 4) is 0 Å². The molecule has 0 bridgehead atoms. The fourth-order valence-electron chi connectivity index (χ4n) is 2.96. The number of ether oxygens (including phenoxy) is 1. The summed E-state index contributed by atoms with van der Waals surface area (Å²) in [5, 5.41) is 10.9. The summed E-state index contributed by atoms with van der Waals surface area (Å²) in [5.74, 6) is 1.87. The van der Waals surface area contributed by atoms with E-state index in [1.807, 2.05) is 6.92 Å². The molecule has 5 nitrogen and oxygen atoms in total. The number of aryl methyl sites for hydroxylation is 1. The third-order valence-electron chi connectivity index (χ3n) is 3.98. The normalized spacial score (nSPS) is 17.3. The first-order valence-corrected chi connectivity index (χ1v) is 9.23. The predicted octanol–water partition coefficient (Wildman–Crippen LogP) is 3.61. The number of thiophene rings is 1. The summed E-state index contributed by atoms with van der Waals surface area (Å²) in [6, 6.07) is 0. The van der Waals surface area contributed by atoms with Crippen molar-refractivity contribution in [2.75, 3.05) is 5.75 Å². The molecule has 7 heteroatoms. The van der Waals surface area contributed by atoms with E-state index in [4.69, 9.17) is 9.72 Å². The maximum Gasteiger partial charge on any atom is 0.176 e. The highest BCUT2D eigenvalue weighted by atomic mass is 32.2. The van der Waals surface area contributed by atoms with Gasteiger partial charge in [-0.3, -0.25) is 4.40 Å². The molecule has 4 rings (SSSR count). The number of hydrogen-bond acceptors (Lipinski definition) is 6. The van der Waals surface area contributed by atoms with Gasteiger partial charge in [0.25, 0.3) is 0 Å². The Morgan fingerprint density at radius 2 is 2.18 bits per heavy atom. The van der Waals surface area contributed by atoms with Crippen LogP contribution in [0.3, 0.4) is 0 Å². The number of fused-ring (bicyclic) bond motifs is 5. The van der Waals surface area contributed by atoms with E-state index in [2.05, 4.69) is 35.4 Å². The second kappa shape index (κ2) is 4.91. The summed E-state index contributed by atoms with van der Waals surface area (Å²) in [6.45, 7) is 9.07. The number of aromatic nitrogens is 4. The Kier molecular flexibility index (Phi) is 3.22. The molecule has 0 spiro atoms. The van der Waals surface area contributed by atoms with Gasteiger partial charge in [0.15, 0.2) is 10.8 Å². The highest BCUT2D eigenvalue weighted by Gasteiger charge is 2.31. The van der Waals surface area contributed by atoms with Gasteiger partial charge in [0.2, 0.25) is 0 Å². The molecule has 0 aromatic carbocycles. The largest absolute Gasteiger partial charge is 0.370 e. The van der Waals surface area contributed by atoms with Gasteiger partial charge in [-0.15, -0.1) is 21.5 Å². The Morgan fingerprint density at radius 3 is 2.95 bits per heavy atom. The Morgan fingerprint density at radius 1 is 1.36 bits per heavy atom. The summed E-state index contributed by atoms with van der Waals surface area (Å²) < 4.78 is 8.04. The Balaban J connectivity index is 2.07. The first kappa shape index (κ1) is 14.4. The van der Waals surface area contributed by atoms with Crippen LogP contribution < -0.4 is 0 Å². The third-order valence-corrected chi connectivity index (χ3v) is 5.90. The molecule has 1 aliphatic heterocycles. The van der Waals surface area contributed by atoms with E-state index < -0.39 is 0 Å². The van der Waals surface area contributed by atoms with E-state index >= 15 is 0 Å². The maximum atomic E-state index is 5.95. The summed E-state index contributed by atoms with van der Waals surface area (Å²) in [7, 11) is 0. The lowest BCUT2D eigenvalue weighted by Gasteiger charge is -2.30. The lowest BCUT2D eigenvalue weighted by Crippen LogP contribution is -2.31. The molecule has 3 aromatic heterocycles. The summed E-state index contributed by atoms with van der Waals surface area (Å²) >= 11 is 3.47. The minimum absolute atomic E-state index is 0.135. The molecule has 0 saturated carbocycles. The summed E-state index contributed by atoms with van der Waals surface area (Å²) in [4.78, 5) is 7.23. The van der Waals surface area contributed by atoms with Crippen LogP contribution in [0.15, 0.2) is 5.16 Å².